The highest BCUT2D eigenvalue weighted by atomic mass is 16.5. The van der Waals surface area contributed by atoms with Gasteiger partial charge in [0.25, 0.3) is 0 Å². The summed E-state index contributed by atoms with van der Waals surface area (Å²) in [7, 11) is 0. The average molecular weight is 335 g/mol. The number of benzene rings is 2. The Hall–Kier alpha value is -2.39. The number of aliphatic hydroxyl groups is 1. The maximum Gasteiger partial charge on any atom is 0.146 e. The van der Waals surface area contributed by atoms with Crippen LogP contribution < -0.4 is 4.74 Å². The first kappa shape index (κ1) is 17.4. The van der Waals surface area contributed by atoms with E-state index in [9.17, 15) is 5.11 Å². The predicted molar refractivity (Wildman–Crippen MR) is 102 cm³/mol. The van der Waals surface area contributed by atoms with Crippen molar-refractivity contribution in [2.75, 3.05) is 0 Å². The summed E-state index contributed by atoms with van der Waals surface area (Å²) >= 11 is 0. The van der Waals surface area contributed by atoms with Crippen molar-refractivity contribution in [1.29, 1.82) is 0 Å². The van der Waals surface area contributed by atoms with E-state index >= 15 is 0 Å². The van der Waals surface area contributed by atoms with Gasteiger partial charge < -0.3 is 9.84 Å². The van der Waals surface area contributed by atoms with Crippen LogP contribution in [0, 0.1) is 0 Å². The van der Waals surface area contributed by atoms with Gasteiger partial charge >= 0.3 is 0 Å². The number of rotatable bonds is 8. The molecule has 0 aliphatic carbocycles. The second-order valence-electron chi connectivity index (χ2n) is 6.38. The Morgan fingerprint density at radius 1 is 1.04 bits per heavy atom. The number of nitrogens with zero attached hydrogens (tertiary/aromatic N) is 1. The minimum Gasteiger partial charge on any atom is -0.487 e. The van der Waals surface area contributed by atoms with Crippen molar-refractivity contribution in [3.63, 3.8) is 0 Å². The van der Waals surface area contributed by atoms with Crippen LogP contribution >= 0.6 is 0 Å². The maximum atomic E-state index is 10.3. The van der Waals surface area contributed by atoms with Gasteiger partial charge in [0.2, 0.25) is 0 Å². The average Bonchev–Trinajstić information content (AvgIpc) is 2.66. The largest absolute Gasteiger partial charge is 0.487 e. The number of pyridine rings is 1. The second kappa shape index (κ2) is 8.63. The van der Waals surface area contributed by atoms with E-state index in [2.05, 4.69) is 11.9 Å². The molecule has 25 heavy (non-hydrogen) atoms. The number of aliphatic hydroxyl groups excluding tert-OH is 1. The van der Waals surface area contributed by atoms with E-state index in [0.717, 1.165) is 47.0 Å². The lowest BCUT2D eigenvalue weighted by molar-refractivity contribution is 0.163. The van der Waals surface area contributed by atoms with E-state index in [1.54, 1.807) is 6.20 Å². The zero-order chi connectivity index (χ0) is 17.5. The van der Waals surface area contributed by atoms with E-state index in [1.807, 2.05) is 54.6 Å². The van der Waals surface area contributed by atoms with Crippen molar-refractivity contribution in [2.45, 2.75) is 45.3 Å². The molecule has 2 aromatic carbocycles. The molecule has 1 N–H and O–H groups in total. The minimum absolute atomic E-state index is 0.397. The summed E-state index contributed by atoms with van der Waals surface area (Å²) in [5.74, 6) is 0.784. The Kier molecular flexibility index (Phi) is 6.02. The van der Waals surface area contributed by atoms with Crippen LogP contribution in [0.25, 0.3) is 10.9 Å². The number of ether oxygens (including phenoxy) is 1. The normalized spacial score (nSPS) is 12.2. The molecule has 0 radical (unpaired) electrons. The first-order chi connectivity index (χ1) is 12.3. The molecule has 1 unspecified atom stereocenters. The fourth-order valence-corrected chi connectivity index (χ4v) is 3.00. The SMILES string of the molecule is CCCCCC(O)c1cccc(COc2cccc3cccnc23)c1. The minimum atomic E-state index is -0.397. The Morgan fingerprint density at radius 2 is 1.88 bits per heavy atom. The summed E-state index contributed by atoms with van der Waals surface area (Å²) in [6, 6.07) is 17.9. The molecule has 1 heterocycles. The predicted octanol–water partition coefficient (Wildman–Crippen LogP) is 5.43. The van der Waals surface area contributed by atoms with Gasteiger partial charge in [-0.25, -0.2) is 0 Å². The lowest BCUT2D eigenvalue weighted by Gasteiger charge is -2.13. The van der Waals surface area contributed by atoms with Gasteiger partial charge in [0.1, 0.15) is 17.9 Å². The standard InChI is InChI=1S/C22H25NO2/c1-2-3-4-12-20(24)19-10-5-8-17(15-19)16-25-21-13-6-9-18-11-7-14-23-22(18)21/h5-11,13-15,20,24H,2-4,12,16H2,1H3. The molecular weight excluding hydrogens is 310 g/mol. The summed E-state index contributed by atoms with van der Waals surface area (Å²) < 4.78 is 5.99. The highest BCUT2D eigenvalue weighted by Gasteiger charge is 2.09. The van der Waals surface area contributed by atoms with Crippen molar-refractivity contribution in [3.05, 3.63) is 71.9 Å². The first-order valence-electron chi connectivity index (χ1n) is 9.01. The van der Waals surface area contributed by atoms with Crippen LogP contribution in [0.5, 0.6) is 5.75 Å². The van der Waals surface area contributed by atoms with E-state index in [-0.39, 0.29) is 0 Å². The number of unbranched alkanes of at least 4 members (excludes halogenated alkanes) is 2. The van der Waals surface area contributed by atoms with Crippen LogP contribution in [0.15, 0.2) is 60.8 Å². The van der Waals surface area contributed by atoms with Crippen molar-refractivity contribution in [1.82, 2.24) is 4.98 Å². The lowest BCUT2D eigenvalue weighted by Crippen LogP contribution is -2.01. The third-order valence-corrected chi connectivity index (χ3v) is 4.41. The third kappa shape index (κ3) is 4.58. The number of aromatic nitrogens is 1. The van der Waals surface area contributed by atoms with Crippen molar-refractivity contribution in [3.8, 4) is 5.75 Å². The molecule has 3 rings (SSSR count). The van der Waals surface area contributed by atoms with Gasteiger partial charge in [-0.05, 0) is 35.7 Å². The van der Waals surface area contributed by atoms with Gasteiger partial charge in [0, 0.05) is 11.6 Å². The third-order valence-electron chi connectivity index (χ3n) is 4.41. The van der Waals surface area contributed by atoms with Crippen LogP contribution in [0.4, 0.5) is 0 Å². The molecule has 0 aliphatic rings. The fourth-order valence-electron chi connectivity index (χ4n) is 3.00. The zero-order valence-corrected chi connectivity index (χ0v) is 14.7. The lowest BCUT2D eigenvalue weighted by atomic mass is 10.0. The van der Waals surface area contributed by atoms with E-state index in [0.29, 0.717) is 6.61 Å². The van der Waals surface area contributed by atoms with Crippen molar-refractivity contribution in [2.24, 2.45) is 0 Å². The van der Waals surface area contributed by atoms with Crippen LogP contribution in [-0.2, 0) is 6.61 Å². The molecule has 0 aliphatic heterocycles. The summed E-state index contributed by atoms with van der Waals surface area (Å²) in [4.78, 5) is 4.42. The maximum absolute atomic E-state index is 10.3. The smallest absolute Gasteiger partial charge is 0.146 e. The van der Waals surface area contributed by atoms with Gasteiger partial charge in [-0.15, -0.1) is 0 Å². The molecule has 1 atom stereocenters. The summed E-state index contributed by atoms with van der Waals surface area (Å²) in [5.41, 5.74) is 2.90. The fraction of sp³-hybridized carbons (Fsp3) is 0.318. The van der Waals surface area contributed by atoms with Gasteiger partial charge in [0.15, 0.2) is 0 Å². The number of hydrogen-bond donors (Lipinski definition) is 1. The topological polar surface area (TPSA) is 42.4 Å². The Balaban J connectivity index is 1.68. The van der Waals surface area contributed by atoms with E-state index < -0.39 is 6.10 Å². The van der Waals surface area contributed by atoms with Crippen LogP contribution in [0.2, 0.25) is 0 Å². The second-order valence-corrected chi connectivity index (χ2v) is 6.38. The molecule has 3 aromatic rings. The van der Waals surface area contributed by atoms with Crippen LogP contribution in [-0.4, -0.2) is 10.1 Å². The summed E-state index contributed by atoms with van der Waals surface area (Å²) in [6.07, 6.45) is 5.58. The Bertz CT molecular complexity index is 810. The molecule has 0 saturated carbocycles. The van der Waals surface area contributed by atoms with Gasteiger partial charge in [-0.2, -0.15) is 0 Å². The molecule has 0 bridgehead atoms. The van der Waals surface area contributed by atoms with Crippen molar-refractivity contribution < 1.29 is 9.84 Å². The zero-order valence-electron chi connectivity index (χ0n) is 14.7. The monoisotopic (exact) mass is 335 g/mol. The number of fused-ring (bicyclic) bond motifs is 1. The highest BCUT2D eigenvalue weighted by Crippen LogP contribution is 2.25. The number of para-hydroxylation sites is 1. The molecule has 0 amide bonds. The van der Waals surface area contributed by atoms with Gasteiger partial charge in [-0.3, -0.25) is 4.98 Å². The quantitative estimate of drug-likeness (QED) is 0.558. The van der Waals surface area contributed by atoms with Gasteiger partial charge in [-0.1, -0.05) is 62.6 Å². The molecule has 1 aromatic heterocycles. The molecule has 3 heteroatoms. The van der Waals surface area contributed by atoms with Crippen LogP contribution in [0.1, 0.15) is 49.8 Å². The highest BCUT2D eigenvalue weighted by molar-refractivity contribution is 5.84. The first-order valence-corrected chi connectivity index (χ1v) is 9.01. The van der Waals surface area contributed by atoms with Crippen LogP contribution in [0.3, 0.4) is 0 Å². The molecule has 130 valence electrons. The molecule has 3 nitrogen and oxygen atoms in total. The Morgan fingerprint density at radius 3 is 2.76 bits per heavy atom. The molecular formula is C22H25NO2. The van der Waals surface area contributed by atoms with Crippen molar-refractivity contribution >= 4 is 10.9 Å². The molecule has 0 fully saturated rings. The molecule has 0 spiro atoms. The van der Waals surface area contributed by atoms with E-state index in [1.165, 1.54) is 6.42 Å². The van der Waals surface area contributed by atoms with Gasteiger partial charge in [0.05, 0.1) is 6.10 Å². The van der Waals surface area contributed by atoms with E-state index in [4.69, 9.17) is 4.74 Å². The Labute approximate surface area is 149 Å². The summed E-state index contributed by atoms with van der Waals surface area (Å²) in [6.45, 7) is 2.64. The summed E-state index contributed by atoms with van der Waals surface area (Å²) in [5, 5.41) is 11.4. The molecule has 0 saturated heterocycles. The number of hydrogen-bond acceptors (Lipinski definition) is 3.